The molecule has 0 spiro atoms. The number of carboxylic acids is 5. The third-order valence-corrected chi connectivity index (χ3v) is 6.39. The summed E-state index contributed by atoms with van der Waals surface area (Å²) in [5.74, 6) is -4.78. The molecule has 1 amide bonds. The molecular weight excluding hydrogens is 548 g/mol. The van der Waals surface area contributed by atoms with E-state index in [2.05, 4.69) is 10.6 Å². The summed E-state index contributed by atoms with van der Waals surface area (Å²) in [5.41, 5.74) is 0. The van der Waals surface area contributed by atoms with Gasteiger partial charge in [-0.2, -0.15) is 0 Å². The summed E-state index contributed by atoms with van der Waals surface area (Å²) in [6.07, 6.45) is 9.18. The van der Waals surface area contributed by atoms with Crippen molar-refractivity contribution in [2.24, 2.45) is 0 Å². The molecule has 2 aliphatic carbocycles. The van der Waals surface area contributed by atoms with Gasteiger partial charge < -0.3 is 41.3 Å². The highest BCUT2D eigenvalue weighted by molar-refractivity contribution is 5.73. The van der Waals surface area contributed by atoms with Crippen LogP contribution in [-0.4, -0.2) is 134 Å². The molecule has 2 saturated carbocycles. The Balaban J connectivity index is 0.000000595. The number of hydrogen-bond acceptors (Lipinski definition) is 9. The van der Waals surface area contributed by atoms with Crippen molar-refractivity contribution in [2.45, 2.75) is 76.3 Å². The van der Waals surface area contributed by atoms with Crippen molar-refractivity contribution in [3.8, 4) is 0 Å². The van der Waals surface area contributed by atoms with Crippen molar-refractivity contribution >= 4 is 35.9 Å². The third kappa shape index (κ3) is 21.9. The molecule has 0 aliphatic heterocycles. The quantitative estimate of drug-likeness (QED) is 0.121. The first-order chi connectivity index (χ1) is 19.3. The van der Waals surface area contributed by atoms with Gasteiger partial charge in [-0.1, -0.05) is 38.5 Å². The predicted octanol–water partition coefficient (Wildman–Crippen LogP) is 0.509. The average molecular weight is 593 g/mol. The van der Waals surface area contributed by atoms with Gasteiger partial charge in [0.1, 0.15) is 0 Å². The van der Waals surface area contributed by atoms with Gasteiger partial charge in [0.15, 0.2) is 0 Å². The van der Waals surface area contributed by atoms with Crippen molar-refractivity contribution < 1.29 is 59.4 Å². The summed E-state index contributed by atoms with van der Waals surface area (Å²) in [7, 11) is 0. The molecule has 0 saturated heterocycles. The molecule has 0 unspecified atom stereocenters. The summed E-state index contributed by atoms with van der Waals surface area (Å²) >= 11 is 0. The monoisotopic (exact) mass is 592 g/mol. The van der Waals surface area contributed by atoms with Crippen LogP contribution in [-0.2, 0) is 24.0 Å². The second-order valence-corrected chi connectivity index (χ2v) is 9.77. The molecule has 0 aromatic rings. The highest BCUT2D eigenvalue weighted by Gasteiger charge is 2.25. The van der Waals surface area contributed by atoms with Gasteiger partial charge in [-0.15, -0.1) is 0 Å². The molecule has 0 aromatic carbocycles. The van der Waals surface area contributed by atoms with Gasteiger partial charge in [0.2, 0.25) is 0 Å². The normalized spacial score (nSPS) is 15.6. The first kappa shape index (κ1) is 37.5. The van der Waals surface area contributed by atoms with Crippen LogP contribution in [0.15, 0.2) is 0 Å². The molecule has 41 heavy (non-hydrogen) atoms. The van der Waals surface area contributed by atoms with Crippen molar-refractivity contribution in [3.63, 3.8) is 0 Å². The fourth-order valence-electron chi connectivity index (χ4n) is 4.67. The van der Waals surface area contributed by atoms with Gasteiger partial charge in [-0.05, 0) is 25.7 Å². The van der Waals surface area contributed by atoms with Gasteiger partial charge in [0.25, 0.3) is 0 Å². The van der Waals surface area contributed by atoms with E-state index in [-0.39, 0.29) is 51.4 Å². The molecule has 0 atom stereocenters. The Hall–Kier alpha value is -3.50. The van der Waals surface area contributed by atoms with Gasteiger partial charge in [-0.25, -0.2) is 4.79 Å². The number of hydrogen-bond donors (Lipinski definition) is 8. The zero-order valence-electron chi connectivity index (χ0n) is 23.2. The van der Waals surface area contributed by atoms with Crippen LogP contribution in [0, 0.1) is 0 Å². The lowest BCUT2D eigenvalue weighted by molar-refractivity contribution is -0.145. The van der Waals surface area contributed by atoms with Gasteiger partial charge in [0, 0.05) is 25.2 Å². The Morgan fingerprint density at radius 1 is 0.512 bits per heavy atom. The van der Waals surface area contributed by atoms with E-state index < -0.39 is 35.9 Å². The Morgan fingerprint density at radius 3 is 1.12 bits per heavy atom. The average Bonchev–Trinajstić information content (AvgIpc) is 2.88. The first-order valence-corrected chi connectivity index (χ1v) is 13.6. The number of carbonyl (C=O) groups is 6. The van der Waals surface area contributed by atoms with E-state index in [0.717, 1.165) is 51.4 Å². The van der Waals surface area contributed by atoms with Crippen LogP contribution in [0.1, 0.15) is 64.2 Å². The van der Waals surface area contributed by atoms with Crippen LogP contribution >= 0.6 is 0 Å². The molecular formula is C25H44N4O12. The molecule has 2 rings (SSSR count). The molecule has 2 fully saturated rings. The molecule has 8 N–H and O–H groups in total. The van der Waals surface area contributed by atoms with Crippen molar-refractivity contribution in [3.05, 3.63) is 0 Å². The zero-order valence-corrected chi connectivity index (χ0v) is 23.2. The minimum atomic E-state index is -1.11. The summed E-state index contributed by atoms with van der Waals surface area (Å²) in [4.78, 5) is 65.3. The summed E-state index contributed by atoms with van der Waals surface area (Å²) in [6.45, 7) is -0.301. The molecule has 236 valence electrons. The predicted molar refractivity (Wildman–Crippen MR) is 144 cm³/mol. The lowest BCUT2D eigenvalue weighted by Gasteiger charge is -2.31. The highest BCUT2D eigenvalue weighted by Crippen LogP contribution is 2.23. The third-order valence-electron chi connectivity index (χ3n) is 6.39. The van der Waals surface area contributed by atoms with Crippen LogP contribution < -0.4 is 10.6 Å². The molecule has 0 radical (unpaired) electrons. The molecule has 0 aromatic heterocycles. The smallest absolute Gasteiger partial charge is 0.404 e. The van der Waals surface area contributed by atoms with E-state index in [4.69, 9.17) is 30.6 Å². The molecule has 16 heteroatoms. The van der Waals surface area contributed by atoms with Gasteiger partial charge in [-0.3, -0.25) is 33.8 Å². The summed E-state index contributed by atoms with van der Waals surface area (Å²) in [5, 5.41) is 55.6. The van der Waals surface area contributed by atoms with E-state index in [1.165, 1.54) is 12.8 Å². The maximum atomic E-state index is 10.6. The SMILES string of the molecule is O=C(O)CN(CC(=O)O)C1CCCCC1.O=C(O)CN(CC(=O)O)C1CCCCC1.O=C(O)CNCCNC(=O)O. The number of nitrogens with zero attached hydrogens (tertiary/aromatic N) is 2. The second-order valence-electron chi connectivity index (χ2n) is 9.77. The molecule has 16 nitrogen and oxygen atoms in total. The molecule has 2 aliphatic rings. The number of amides is 1. The lowest BCUT2D eigenvalue weighted by atomic mass is 9.94. The van der Waals surface area contributed by atoms with Gasteiger partial charge >= 0.3 is 35.9 Å². The van der Waals surface area contributed by atoms with Crippen molar-refractivity contribution in [1.82, 2.24) is 20.4 Å². The van der Waals surface area contributed by atoms with Crippen LogP contribution in [0.5, 0.6) is 0 Å². The maximum absolute atomic E-state index is 10.6. The van der Waals surface area contributed by atoms with Crippen molar-refractivity contribution in [2.75, 3.05) is 45.8 Å². The maximum Gasteiger partial charge on any atom is 0.404 e. The van der Waals surface area contributed by atoms with E-state index in [0.29, 0.717) is 6.54 Å². The number of carboxylic acid groups (broad SMARTS) is 6. The fraction of sp³-hybridized carbons (Fsp3) is 0.760. The first-order valence-electron chi connectivity index (χ1n) is 13.6. The Morgan fingerprint density at radius 2 is 0.854 bits per heavy atom. The summed E-state index contributed by atoms with van der Waals surface area (Å²) < 4.78 is 0. The van der Waals surface area contributed by atoms with Crippen LogP contribution in [0.2, 0.25) is 0 Å². The van der Waals surface area contributed by atoms with Crippen LogP contribution in [0.25, 0.3) is 0 Å². The van der Waals surface area contributed by atoms with Gasteiger partial charge in [0.05, 0.1) is 32.7 Å². The Kier molecular flexibility index (Phi) is 20.3. The topological polar surface area (TPSA) is 254 Å². The van der Waals surface area contributed by atoms with E-state index in [1.54, 1.807) is 9.80 Å². The van der Waals surface area contributed by atoms with Crippen LogP contribution in [0.3, 0.4) is 0 Å². The molecule has 0 heterocycles. The lowest BCUT2D eigenvalue weighted by Crippen LogP contribution is -2.43. The number of nitrogens with one attached hydrogen (secondary N) is 2. The fourth-order valence-corrected chi connectivity index (χ4v) is 4.67. The Bertz CT molecular complexity index is 731. The highest BCUT2D eigenvalue weighted by atomic mass is 16.4. The van der Waals surface area contributed by atoms with E-state index >= 15 is 0 Å². The second kappa shape index (κ2) is 22.2. The van der Waals surface area contributed by atoms with E-state index in [9.17, 15) is 28.8 Å². The largest absolute Gasteiger partial charge is 0.480 e. The standard InChI is InChI=1S/2C10H17NO4.C5H10N2O4/c2*12-9(13)6-11(7-10(14)15)8-4-2-1-3-5-8;8-4(9)3-6-1-2-7-5(10)11/h2*8H,1-7H2,(H,12,13)(H,14,15);6-7H,1-3H2,(H,8,9)(H,10,11). The van der Waals surface area contributed by atoms with E-state index in [1.807, 2.05) is 0 Å². The van der Waals surface area contributed by atoms with Crippen molar-refractivity contribution in [1.29, 1.82) is 0 Å². The number of aliphatic carboxylic acids is 5. The van der Waals surface area contributed by atoms with Crippen LogP contribution in [0.4, 0.5) is 4.79 Å². The zero-order chi connectivity index (χ0) is 31.2. The molecule has 0 bridgehead atoms. The minimum Gasteiger partial charge on any atom is -0.480 e. The summed E-state index contributed by atoms with van der Waals surface area (Å²) in [6, 6.07) is 0.261. The number of rotatable bonds is 15. The minimum absolute atomic E-state index is 0.131. The Labute approximate surface area is 238 Å².